The van der Waals surface area contributed by atoms with E-state index in [4.69, 9.17) is 51.1 Å². The number of hydrogen-bond donors (Lipinski definition) is 2. The zero-order valence-electron chi connectivity index (χ0n) is 17.9. The summed E-state index contributed by atoms with van der Waals surface area (Å²) < 4.78 is 34.2. The maximum absolute atomic E-state index is 13.0. The summed E-state index contributed by atoms with van der Waals surface area (Å²) in [7, 11) is -4.09. The molecule has 1 heterocycles. The van der Waals surface area contributed by atoms with E-state index >= 15 is 0 Å². The van der Waals surface area contributed by atoms with Crippen LogP contribution in [0, 0.1) is 0 Å². The number of carbonyl (C=O) groups excluding carboxylic acids is 1. The Bertz CT molecular complexity index is 1530. The molecule has 0 aliphatic carbocycles. The normalized spacial score (nSPS) is 11.1. The van der Waals surface area contributed by atoms with E-state index in [2.05, 4.69) is 20.0 Å². The lowest BCUT2D eigenvalue weighted by atomic mass is 10.1. The number of para-hydroxylation sites is 1. The first-order valence-electron chi connectivity index (χ1n) is 9.97. The second kappa shape index (κ2) is 10.9. The molecule has 2 N–H and O–H groups in total. The van der Waals surface area contributed by atoms with Gasteiger partial charge in [-0.05, 0) is 66.2 Å². The molecule has 0 aliphatic rings. The third-order valence-electron chi connectivity index (χ3n) is 4.58. The molecule has 0 fully saturated rings. The highest BCUT2D eigenvalue weighted by atomic mass is 35.5. The minimum atomic E-state index is -4.09. The number of amides is 1. The number of rotatable bonds is 7. The van der Waals surface area contributed by atoms with E-state index in [1.54, 1.807) is 24.3 Å². The van der Waals surface area contributed by atoms with Gasteiger partial charge in [-0.2, -0.15) is 0 Å². The van der Waals surface area contributed by atoms with Crippen LogP contribution in [0.25, 0.3) is 0 Å². The second-order valence-corrected chi connectivity index (χ2v) is 10.3. The number of carbonyl (C=O) groups is 1. The molecule has 0 atom stereocenters. The van der Waals surface area contributed by atoms with Gasteiger partial charge in [0.1, 0.15) is 22.5 Å². The number of anilines is 2. The van der Waals surface area contributed by atoms with Crippen molar-refractivity contribution in [2.24, 2.45) is 0 Å². The molecule has 4 rings (SSSR count). The molecule has 1 aromatic heterocycles. The predicted octanol–water partition coefficient (Wildman–Crippen LogP) is 6.94. The van der Waals surface area contributed by atoms with Gasteiger partial charge in [0.05, 0.1) is 21.2 Å². The predicted molar refractivity (Wildman–Crippen MR) is 140 cm³/mol. The topological polar surface area (TPSA) is 110 Å². The van der Waals surface area contributed by atoms with Crippen molar-refractivity contribution in [1.29, 1.82) is 0 Å². The van der Waals surface area contributed by atoms with E-state index in [0.29, 0.717) is 16.5 Å². The van der Waals surface area contributed by atoms with E-state index in [1.807, 2.05) is 0 Å². The van der Waals surface area contributed by atoms with Gasteiger partial charge in [0.2, 0.25) is 5.28 Å². The fourth-order valence-electron chi connectivity index (χ4n) is 2.98. The first kappa shape index (κ1) is 26.0. The molecule has 0 radical (unpaired) electrons. The van der Waals surface area contributed by atoms with Gasteiger partial charge in [-0.25, -0.2) is 18.4 Å². The molecular formula is C23H14Cl4N4O4S. The zero-order valence-corrected chi connectivity index (χ0v) is 21.7. The van der Waals surface area contributed by atoms with Crippen molar-refractivity contribution < 1.29 is 17.9 Å². The van der Waals surface area contributed by atoms with Crippen molar-refractivity contribution in [1.82, 2.24) is 9.97 Å². The van der Waals surface area contributed by atoms with Crippen LogP contribution in [0.15, 0.2) is 77.7 Å². The molecule has 0 saturated carbocycles. The highest BCUT2D eigenvalue weighted by Crippen LogP contribution is 2.30. The van der Waals surface area contributed by atoms with Crippen molar-refractivity contribution in [2.45, 2.75) is 4.90 Å². The van der Waals surface area contributed by atoms with Crippen molar-refractivity contribution in [2.75, 3.05) is 10.0 Å². The third-order valence-corrected chi connectivity index (χ3v) is 6.87. The van der Waals surface area contributed by atoms with Crippen molar-refractivity contribution in [3.63, 3.8) is 0 Å². The van der Waals surface area contributed by atoms with Crippen LogP contribution in [0.1, 0.15) is 10.4 Å². The van der Waals surface area contributed by atoms with Gasteiger partial charge >= 0.3 is 0 Å². The van der Waals surface area contributed by atoms with Crippen molar-refractivity contribution in [3.05, 3.63) is 98.8 Å². The first-order chi connectivity index (χ1) is 17.1. The minimum Gasteiger partial charge on any atom is -0.456 e. The van der Waals surface area contributed by atoms with Gasteiger partial charge in [-0.15, -0.1) is 0 Å². The average Bonchev–Trinajstić information content (AvgIpc) is 2.81. The smallest absolute Gasteiger partial charge is 0.261 e. The van der Waals surface area contributed by atoms with E-state index in [1.165, 1.54) is 48.5 Å². The molecule has 0 aliphatic heterocycles. The number of ether oxygens (including phenoxy) is 1. The van der Waals surface area contributed by atoms with Crippen LogP contribution in [-0.2, 0) is 10.0 Å². The molecular weight excluding hydrogens is 570 g/mol. The summed E-state index contributed by atoms with van der Waals surface area (Å²) in [5, 5.41) is 2.95. The standard InChI is InChI=1S/C23H14Cl4N4O4S/c24-13-5-10-18(16(11-13)22(32)29-21-12-20(26)28-23(27)30-21)31-36(33,34)15-8-6-14(7-9-15)35-19-4-2-1-3-17(19)25/h1-12,31H,(H,28,29,30,32). The summed E-state index contributed by atoms with van der Waals surface area (Å²) >= 11 is 23.8. The van der Waals surface area contributed by atoms with Crippen LogP contribution >= 0.6 is 46.4 Å². The molecule has 1 amide bonds. The fraction of sp³-hybridized carbons (Fsp3) is 0. The van der Waals surface area contributed by atoms with Crippen LogP contribution in [-0.4, -0.2) is 24.3 Å². The summed E-state index contributed by atoms with van der Waals surface area (Å²) in [6.07, 6.45) is 0. The second-order valence-electron chi connectivity index (χ2n) is 7.10. The van der Waals surface area contributed by atoms with E-state index < -0.39 is 15.9 Å². The van der Waals surface area contributed by atoms with Gasteiger partial charge in [0.25, 0.3) is 15.9 Å². The number of nitrogens with one attached hydrogen (secondary N) is 2. The van der Waals surface area contributed by atoms with Gasteiger partial charge in [-0.1, -0.05) is 46.9 Å². The van der Waals surface area contributed by atoms with Crippen molar-refractivity contribution in [3.8, 4) is 11.5 Å². The molecule has 0 saturated heterocycles. The van der Waals surface area contributed by atoms with E-state index in [9.17, 15) is 13.2 Å². The number of benzene rings is 3. The monoisotopic (exact) mass is 582 g/mol. The first-order valence-corrected chi connectivity index (χ1v) is 13.0. The average molecular weight is 584 g/mol. The Morgan fingerprint density at radius 2 is 1.58 bits per heavy atom. The minimum absolute atomic E-state index is 0.0132. The number of halogens is 4. The Kier molecular flexibility index (Phi) is 7.87. The molecule has 184 valence electrons. The third kappa shape index (κ3) is 6.37. The fourth-order valence-corrected chi connectivity index (χ4v) is 4.81. The molecule has 8 nitrogen and oxygen atoms in total. The van der Waals surface area contributed by atoms with Crippen LogP contribution in [0.5, 0.6) is 11.5 Å². The summed E-state index contributed by atoms with van der Waals surface area (Å²) in [5.74, 6) is 0.129. The van der Waals surface area contributed by atoms with Crippen LogP contribution < -0.4 is 14.8 Å². The molecule has 0 bridgehead atoms. The van der Waals surface area contributed by atoms with Gasteiger partial charge < -0.3 is 10.1 Å². The van der Waals surface area contributed by atoms with Crippen molar-refractivity contribution >= 4 is 73.8 Å². The Balaban J connectivity index is 1.56. The molecule has 13 heteroatoms. The zero-order chi connectivity index (χ0) is 25.9. The Morgan fingerprint density at radius 1 is 0.861 bits per heavy atom. The quantitative estimate of drug-likeness (QED) is 0.180. The lowest BCUT2D eigenvalue weighted by molar-refractivity contribution is 0.102. The number of sulfonamides is 1. The van der Waals surface area contributed by atoms with Crippen LogP contribution in [0.4, 0.5) is 11.5 Å². The Morgan fingerprint density at radius 3 is 2.28 bits per heavy atom. The number of aromatic nitrogens is 2. The molecule has 0 spiro atoms. The van der Waals surface area contributed by atoms with Crippen LogP contribution in [0.2, 0.25) is 20.5 Å². The Hall–Kier alpha value is -3.08. The highest BCUT2D eigenvalue weighted by molar-refractivity contribution is 7.92. The number of nitrogens with zero attached hydrogens (tertiary/aromatic N) is 2. The summed E-state index contributed by atoms with van der Waals surface area (Å²) in [4.78, 5) is 20.4. The molecule has 4 aromatic rings. The lowest BCUT2D eigenvalue weighted by Gasteiger charge is -2.14. The van der Waals surface area contributed by atoms with E-state index in [-0.39, 0.29) is 37.4 Å². The molecule has 3 aromatic carbocycles. The molecule has 36 heavy (non-hydrogen) atoms. The Labute approximate surface area is 226 Å². The van der Waals surface area contributed by atoms with Gasteiger partial charge in [0.15, 0.2) is 0 Å². The summed E-state index contributed by atoms with van der Waals surface area (Å²) in [5.41, 5.74) is -0.0739. The maximum atomic E-state index is 13.0. The van der Waals surface area contributed by atoms with E-state index in [0.717, 1.165) is 0 Å². The maximum Gasteiger partial charge on any atom is 0.261 e. The van der Waals surface area contributed by atoms with Gasteiger partial charge in [0, 0.05) is 11.1 Å². The SMILES string of the molecule is O=C(Nc1cc(Cl)nc(Cl)n1)c1cc(Cl)ccc1NS(=O)(=O)c1ccc(Oc2ccccc2Cl)cc1. The number of hydrogen-bond acceptors (Lipinski definition) is 6. The highest BCUT2D eigenvalue weighted by Gasteiger charge is 2.20. The lowest BCUT2D eigenvalue weighted by Crippen LogP contribution is -2.19. The largest absolute Gasteiger partial charge is 0.456 e. The summed E-state index contributed by atoms with van der Waals surface area (Å²) in [6.45, 7) is 0. The molecule has 0 unspecified atom stereocenters. The van der Waals surface area contributed by atoms with Crippen LogP contribution in [0.3, 0.4) is 0 Å². The summed E-state index contributed by atoms with van der Waals surface area (Å²) in [6, 6.07) is 18.0. The van der Waals surface area contributed by atoms with Gasteiger partial charge in [-0.3, -0.25) is 9.52 Å².